The van der Waals surface area contributed by atoms with Crippen LogP contribution in [0, 0.1) is 6.92 Å². The second kappa shape index (κ2) is 8.61. The maximum atomic E-state index is 12.2. The molecule has 24 heavy (non-hydrogen) atoms. The Hall–Kier alpha value is -2.18. The molecule has 0 fully saturated rings. The summed E-state index contributed by atoms with van der Waals surface area (Å²) in [7, 11) is 3.19. The number of likely N-dealkylation sites (N-methyl/N-ethyl adjacent to an activating group) is 2. The molecule has 2 rings (SSSR count). The van der Waals surface area contributed by atoms with Crippen molar-refractivity contribution in [3.8, 4) is 0 Å². The molecule has 0 aliphatic rings. The minimum Gasteiger partial charge on any atom is -0.358 e. The molecule has 0 unspecified atom stereocenters. The predicted molar refractivity (Wildman–Crippen MR) is 97.0 cm³/mol. The van der Waals surface area contributed by atoms with E-state index < -0.39 is 0 Å². The summed E-state index contributed by atoms with van der Waals surface area (Å²) in [5, 5.41) is 7.86. The number of hydrogen-bond donors (Lipinski definition) is 2. The highest BCUT2D eigenvalue weighted by atomic mass is 32.1. The van der Waals surface area contributed by atoms with E-state index in [1.165, 1.54) is 10.5 Å². The summed E-state index contributed by atoms with van der Waals surface area (Å²) < 4.78 is 0. The summed E-state index contributed by atoms with van der Waals surface area (Å²) in [6.07, 6.45) is 0. The Bertz CT molecular complexity index is 668. The number of rotatable bonds is 7. The molecule has 0 spiro atoms. The van der Waals surface area contributed by atoms with Crippen molar-refractivity contribution in [2.24, 2.45) is 0 Å². The Balaban J connectivity index is 2.05. The first-order valence-corrected chi connectivity index (χ1v) is 8.67. The van der Waals surface area contributed by atoms with Crippen LogP contribution < -0.4 is 10.6 Å². The third kappa shape index (κ3) is 4.91. The Kier molecular flexibility index (Phi) is 6.52. The van der Waals surface area contributed by atoms with E-state index in [9.17, 15) is 9.59 Å². The summed E-state index contributed by atoms with van der Waals surface area (Å²) >= 11 is 1.65. The standard InChI is InChI=1S/C18H23N3O2S/c1-13-6-8-14(9-7-13)18(15-5-4-10-24-15)20-11-17(23)21(3)12-16(22)19-2/h4-10,18,20H,11-12H2,1-3H3,(H,19,22)/t18-/m1/s1. The first-order valence-electron chi connectivity index (χ1n) is 7.79. The largest absolute Gasteiger partial charge is 0.358 e. The van der Waals surface area contributed by atoms with E-state index in [2.05, 4.69) is 47.9 Å². The Labute approximate surface area is 146 Å². The van der Waals surface area contributed by atoms with Crippen LogP contribution in [0.15, 0.2) is 41.8 Å². The van der Waals surface area contributed by atoms with Crippen molar-refractivity contribution >= 4 is 23.2 Å². The van der Waals surface area contributed by atoms with E-state index in [-0.39, 0.29) is 30.9 Å². The normalized spacial score (nSPS) is 11.8. The van der Waals surface area contributed by atoms with Gasteiger partial charge in [-0.2, -0.15) is 0 Å². The fraction of sp³-hybridized carbons (Fsp3) is 0.333. The van der Waals surface area contributed by atoms with Crippen molar-refractivity contribution in [2.75, 3.05) is 27.2 Å². The summed E-state index contributed by atoms with van der Waals surface area (Å²) in [5.74, 6) is -0.300. The number of nitrogens with zero attached hydrogens (tertiary/aromatic N) is 1. The van der Waals surface area contributed by atoms with E-state index in [1.807, 2.05) is 11.4 Å². The zero-order valence-electron chi connectivity index (χ0n) is 14.2. The van der Waals surface area contributed by atoms with Gasteiger partial charge in [-0.05, 0) is 23.9 Å². The number of amides is 2. The second-order valence-electron chi connectivity index (χ2n) is 5.66. The highest BCUT2D eigenvalue weighted by molar-refractivity contribution is 7.10. The quantitative estimate of drug-likeness (QED) is 0.806. The lowest BCUT2D eigenvalue weighted by molar-refractivity contribution is -0.133. The lowest BCUT2D eigenvalue weighted by Crippen LogP contribution is -2.42. The van der Waals surface area contributed by atoms with Crippen LogP contribution in [0.4, 0.5) is 0 Å². The number of hydrogen-bond acceptors (Lipinski definition) is 4. The smallest absolute Gasteiger partial charge is 0.239 e. The summed E-state index contributed by atoms with van der Waals surface area (Å²) in [4.78, 5) is 26.2. The van der Waals surface area contributed by atoms with Gasteiger partial charge in [0.05, 0.1) is 19.1 Å². The summed E-state index contributed by atoms with van der Waals surface area (Å²) in [5.41, 5.74) is 2.31. The molecule has 0 radical (unpaired) electrons. The predicted octanol–water partition coefficient (Wildman–Crippen LogP) is 1.94. The summed E-state index contributed by atoms with van der Waals surface area (Å²) in [6, 6.07) is 12.3. The fourth-order valence-corrected chi connectivity index (χ4v) is 3.13. The Morgan fingerprint density at radius 2 is 1.92 bits per heavy atom. The molecule has 2 aromatic rings. The highest BCUT2D eigenvalue weighted by Gasteiger charge is 2.18. The molecule has 5 nitrogen and oxygen atoms in total. The zero-order chi connectivity index (χ0) is 17.5. The van der Waals surface area contributed by atoms with E-state index >= 15 is 0 Å². The molecule has 0 saturated heterocycles. The first kappa shape index (κ1) is 18.2. The molecule has 2 amide bonds. The van der Waals surface area contributed by atoms with Crippen LogP contribution in [0.25, 0.3) is 0 Å². The van der Waals surface area contributed by atoms with Gasteiger partial charge < -0.3 is 10.2 Å². The van der Waals surface area contributed by atoms with Gasteiger partial charge in [-0.15, -0.1) is 11.3 Å². The molecular weight excluding hydrogens is 322 g/mol. The Morgan fingerprint density at radius 3 is 2.50 bits per heavy atom. The van der Waals surface area contributed by atoms with E-state index in [4.69, 9.17) is 0 Å². The van der Waals surface area contributed by atoms with Gasteiger partial charge in [0.1, 0.15) is 0 Å². The number of carbonyl (C=O) groups is 2. The van der Waals surface area contributed by atoms with Crippen LogP contribution >= 0.6 is 11.3 Å². The van der Waals surface area contributed by atoms with Crippen LogP contribution in [-0.2, 0) is 9.59 Å². The van der Waals surface area contributed by atoms with Gasteiger partial charge in [0.15, 0.2) is 0 Å². The number of thiophene rings is 1. The van der Waals surface area contributed by atoms with Crippen LogP contribution in [0.2, 0.25) is 0 Å². The third-order valence-corrected chi connectivity index (χ3v) is 4.72. The maximum Gasteiger partial charge on any atom is 0.239 e. The third-order valence-electron chi connectivity index (χ3n) is 3.78. The average Bonchev–Trinajstić information content (AvgIpc) is 3.10. The van der Waals surface area contributed by atoms with Gasteiger partial charge >= 0.3 is 0 Å². The number of benzene rings is 1. The van der Waals surface area contributed by atoms with E-state index in [1.54, 1.807) is 25.4 Å². The molecular formula is C18H23N3O2S. The van der Waals surface area contributed by atoms with Crippen LogP contribution in [0.5, 0.6) is 0 Å². The van der Waals surface area contributed by atoms with Crippen LogP contribution in [-0.4, -0.2) is 43.9 Å². The maximum absolute atomic E-state index is 12.2. The molecule has 6 heteroatoms. The van der Waals surface area contributed by atoms with E-state index in [0.717, 1.165) is 10.4 Å². The molecule has 2 N–H and O–H groups in total. The number of nitrogens with one attached hydrogen (secondary N) is 2. The average molecular weight is 345 g/mol. The minimum absolute atomic E-state index is 0.0389. The molecule has 1 aromatic carbocycles. The molecule has 0 bridgehead atoms. The fourth-order valence-electron chi connectivity index (χ4n) is 2.30. The molecule has 128 valence electrons. The zero-order valence-corrected chi connectivity index (χ0v) is 15.0. The van der Waals surface area contributed by atoms with Crippen LogP contribution in [0.1, 0.15) is 22.0 Å². The summed E-state index contributed by atoms with van der Waals surface area (Å²) in [6.45, 7) is 2.28. The minimum atomic E-state index is -0.181. The SMILES string of the molecule is CNC(=O)CN(C)C(=O)CN[C@H](c1ccc(C)cc1)c1cccs1. The van der Waals surface area contributed by atoms with Gasteiger partial charge in [0, 0.05) is 19.0 Å². The lowest BCUT2D eigenvalue weighted by Gasteiger charge is -2.21. The van der Waals surface area contributed by atoms with Gasteiger partial charge in [0.2, 0.25) is 11.8 Å². The molecule has 0 aliphatic heterocycles. The first-order chi connectivity index (χ1) is 11.5. The van der Waals surface area contributed by atoms with Crippen molar-refractivity contribution in [2.45, 2.75) is 13.0 Å². The molecule has 1 aromatic heterocycles. The highest BCUT2D eigenvalue weighted by Crippen LogP contribution is 2.26. The van der Waals surface area contributed by atoms with Crippen molar-refractivity contribution in [3.05, 3.63) is 57.8 Å². The van der Waals surface area contributed by atoms with Gasteiger partial charge in [-0.1, -0.05) is 35.9 Å². The van der Waals surface area contributed by atoms with Crippen molar-refractivity contribution < 1.29 is 9.59 Å². The van der Waals surface area contributed by atoms with Gasteiger partial charge in [-0.25, -0.2) is 0 Å². The Morgan fingerprint density at radius 1 is 1.21 bits per heavy atom. The second-order valence-corrected chi connectivity index (χ2v) is 6.64. The van der Waals surface area contributed by atoms with Crippen molar-refractivity contribution in [1.82, 2.24) is 15.5 Å². The van der Waals surface area contributed by atoms with Crippen molar-refractivity contribution in [1.29, 1.82) is 0 Å². The van der Waals surface area contributed by atoms with Crippen molar-refractivity contribution in [3.63, 3.8) is 0 Å². The van der Waals surface area contributed by atoms with Crippen LogP contribution in [0.3, 0.4) is 0 Å². The monoisotopic (exact) mass is 345 g/mol. The van der Waals surface area contributed by atoms with Gasteiger partial charge in [0.25, 0.3) is 0 Å². The molecule has 1 heterocycles. The van der Waals surface area contributed by atoms with E-state index in [0.29, 0.717) is 0 Å². The van der Waals surface area contributed by atoms with Gasteiger partial charge in [-0.3, -0.25) is 14.9 Å². The number of aryl methyl sites for hydroxylation is 1. The topological polar surface area (TPSA) is 61.4 Å². The molecule has 0 saturated carbocycles. The molecule has 1 atom stereocenters. The molecule has 0 aliphatic carbocycles. The lowest BCUT2D eigenvalue weighted by atomic mass is 10.0. The number of carbonyl (C=O) groups excluding carboxylic acids is 2.